The van der Waals surface area contributed by atoms with Crippen LogP contribution >= 0.6 is 15.9 Å². The van der Waals surface area contributed by atoms with Gasteiger partial charge in [-0.15, -0.1) is 0 Å². The predicted octanol–water partition coefficient (Wildman–Crippen LogP) is 3.45. The van der Waals surface area contributed by atoms with Crippen molar-refractivity contribution in [3.05, 3.63) is 58.1 Å². The molecule has 2 N–H and O–H groups in total. The number of methoxy groups -OCH3 is 1. The minimum atomic E-state index is 0.291. The smallest absolute Gasteiger partial charge is 0.119 e. The van der Waals surface area contributed by atoms with Crippen molar-refractivity contribution in [3.63, 3.8) is 0 Å². The van der Waals surface area contributed by atoms with Crippen LogP contribution in [0.5, 0.6) is 11.5 Å². The molecule has 2 aromatic rings. The van der Waals surface area contributed by atoms with E-state index in [-0.39, 0.29) is 0 Å². The van der Waals surface area contributed by atoms with Gasteiger partial charge in [-0.05, 0) is 41.5 Å². The SMILES string of the molecule is COc1ccc(Br)c(CNCc2ccc(O)cc2)c1. The highest BCUT2D eigenvalue weighted by atomic mass is 79.9. The average Bonchev–Trinajstić information content (AvgIpc) is 2.43. The highest BCUT2D eigenvalue weighted by Gasteiger charge is 2.02. The van der Waals surface area contributed by atoms with E-state index in [9.17, 15) is 5.11 Å². The van der Waals surface area contributed by atoms with Gasteiger partial charge in [-0.1, -0.05) is 28.1 Å². The zero-order valence-corrected chi connectivity index (χ0v) is 12.3. The molecule has 0 saturated carbocycles. The molecule has 0 radical (unpaired) electrons. The van der Waals surface area contributed by atoms with Gasteiger partial charge < -0.3 is 15.2 Å². The van der Waals surface area contributed by atoms with Crippen LogP contribution in [-0.4, -0.2) is 12.2 Å². The predicted molar refractivity (Wildman–Crippen MR) is 79.3 cm³/mol. The third-order valence-corrected chi connectivity index (χ3v) is 3.61. The molecule has 0 saturated heterocycles. The van der Waals surface area contributed by atoms with E-state index in [1.54, 1.807) is 19.2 Å². The Balaban J connectivity index is 1.93. The first-order valence-corrected chi connectivity index (χ1v) is 6.79. The van der Waals surface area contributed by atoms with Gasteiger partial charge in [0.05, 0.1) is 7.11 Å². The van der Waals surface area contributed by atoms with Gasteiger partial charge in [-0.2, -0.15) is 0 Å². The van der Waals surface area contributed by atoms with Crippen LogP contribution in [0.1, 0.15) is 11.1 Å². The fourth-order valence-corrected chi connectivity index (χ4v) is 2.16. The van der Waals surface area contributed by atoms with Gasteiger partial charge in [0, 0.05) is 17.6 Å². The highest BCUT2D eigenvalue weighted by Crippen LogP contribution is 2.22. The Labute approximate surface area is 121 Å². The zero-order chi connectivity index (χ0) is 13.7. The fraction of sp³-hybridized carbons (Fsp3) is 0.200. The molecule has 0 aliphatic rings. The van der Waals surface area contributed by atoms with Gasteiger partial charge in [0.2, 0.25) is 0 Å². The minimum Gasteiger partial charge on any atom is -0.508 e. The molecule has 0 aromatic heterocycles. The molecule has 2 aromatic carbocycles. The fourth-order valence-electron chi connectivity index (χ4n) is 1.77. The Kier molecular flexibility index (Phi) is 4.82. The molecular weight excluding hydrogens is 306 g/mol. The van der Waals surface area contributed by atoms with Crippen LogP contribution in [0.25, 0.3) is 0 Å². The summed E-state index contributed by atoms with van der Waals surface area (Å²) in [5, 5.41) is 12.6. The lowest BCUT2D eigenvalue weighted by Crippen LogP contribution is -2.13. The molecular formula is C15H16BrNO2. The summed E-state index contributed by atoms with van der Waals surface area (Å²) >= 11 is 3.53. The molecule has 0 amide bonds. The lowest BCUT2D eigenvalue weighted by Gasteiger charge is -2.09. The maximum Gasteiger partial charge on any atom is 0.119 e. The van der Waals surface area contributed by atoms with E-state index in [2.05, 4.69) is 21.2 Å². The summed E-state index contributed by atoms with van der Waals surface area (Å²) in [6.07, 6.45) is 0. The number of benzene rings is 2. The standard InChI is InChI=1S/C15H16BrNO2/c1-19-14-6-7-15(16)12(8-14)10-17-9-11-2-4-13(18)5-3-11/h2-8,17-18H,9-10H2,1H3. The Morgan fingerprint density at radius 1 is 1.11 bits per heavy atom. The molecule has 3 nitrogen and oxygen atoms in total. The monoisotopic (exact) mass is 321 g/mol. The largest absolute Gasteiger partial charge is 0.508 e. The van der Waals surface area contributed by atoms with Gasteiger partial charge >= 0.3 is 0 Å². The molecule has 0 unspecified atom stereocenters. The number of ether oxygens (including phenoxy) is 1. The van der Waals surface area contributed by atoms with Crippen molar-refractivity contribution in [2.75, 3.05) is 7.11 Å². The van der Waals surface area contributed by atoms with Crippen molar-refractivity contribution in [2.45, 2.75) is 13.1 Å². The maximum absolute atomic E-state index is 9.21. The average molecular weight is 322 g/mol. The van der Waals surface area contributed by atoms with Gasteiger partial charge in [-0.3, -0.25) is 0 Å². The van der Waals surface area contributed by atoms with Crippen molar-refractivity contribution in [3.8, 4) is 11.5 Å². The first-order valence-electron chi connectivity index (χ1n) is 6.00. The lowest BCUT2D eigenvalue weighted by molar-refractivity contribution is 0.414. The molecule has 0 aliphatic carbocycles. The maximum atomic E-state index is 9.21. The number of phenolic OH excluding ortho intramolecular Hbond substituents is 1. The van der Waals surface area contributed by atoms with E-state index in [4.69, 9.17) is 4.74 Å². The van der Waals surface area contributed by atoms with Crippen molar-refractivity contribution in [2.24, 2.45) is 0 Å². The van der Waals surface area contributed by atoms with Crippen LogP contribution < -0.4 is 10.1 Å². The summed E-state index contributed by atoms with van der Waals surface area (Å²) in [5.74, 6) is 1.14. The first kappa shape index (κ1) is 13.9. The minimum absolute atomic E-state index is 0.291. The number of aromatic hydroxyl groups is 1. The molecule has 0 fully saturated rings. The third kappa shape index (κ3) is 3.98. The van der Waals surface area contributed by atoms with Gasteiger partial charge in [-0.25, -0.2) is 0 Å². The second-order valence-corrected chi connectivity index (χ2v) is 5.08. The van der Waals surface area contributed by atoms with Crippen molar-refractivity contribution < 1.29 is 9.84 Å². The Hall–Kier alpha value is -1.52. The number of hydrogen-bond donors (Lipinski definition) is 2. The number of nitrogens with one attached hydrogen (secondary N) is 1. The molecule has 19 heavy (non-hydrogen) atoms. The van der Waals surface area contributed by atoms with Crippen molar-refractivity contribution >= 4 is 15.9 Å². The molecule has 0 atom stereocenters. The molecule has 0 bridgehead atoms. The molecule has 2 rings (SSSR count). The van der Waals surface area contributed by atoms with Crippen LogP contribution in [0.4, 0.5) is 0 Å². The second-order valence-electron chi connectivity index (χ2n) is 4.23. The molecule has 100 valence electrons. The Morgan fingerprint density at radius 3 is 2.53 bits per heavy atom. The number of hydrogen-bond acceptors (Lipinski definition) is 3. The van der Waals surface area contributed by atoms with E-state index in [1.807, 2.05) is 30.3 Å². The molecule has 0 aliphatic heterocycles. The van der Waals surface area contributed by atoms with Gasteiger partial charge in [0.1, 0.15) is 11.5 Å². The molecule has 0 heterocycles. The second kappa shape index (κ2) is 6.59. The molecule has 0 spiro atoms. The van der Waals surface area contributed by atoms with E-state index in [0.717, 1.165) is 34.4 Å². The van der Waals surface area contributed by atoms with Crippen LogP contribution in [0, 0.1) is 0 Å². The van der Waals surface area contributed by atoms with E-state index >= 15 is 0 Å². The van der Waals surface area contributed by atoms with E-state index in [1.165, 1.54) is 0 Å². The summed E-state index contributed by atoms with van der Waals surface area (Å²) in [6, 6.07) is 13.1. The van der Waals surface area contributed by atoms with Crippen LogP contribution in [0.3, 0.4) is 0 Å². The normalized spacial score (nSPS) is 10.4. The number of phenols is 1. The Bertz CT molecular complexity index is 540. The van der Waals surface area contributed by atoms with Crippen LogP contribution in [-0.2, 0) is 13.1 Å². The van der Waals surface area contributed by atoms with Crippen molar-refractivity contribution in [1.82, 2.24) is 5.32 Å². The first-order chi connectivity index (χ1) is 9.19. The summed E-state index contributed by atoms with van der Waals surface area (Å²) in [5.41, 5.74) is 2.29. The quantitative estimate of drug-likeness (QED) is 0.886. The third-order valence-electron chi connectivity index (χ3n) is 2.83. The summed E-state index contributed by atoms with van der Waals surface area (Å²) in [6.45, 7) is 1.50. The highest BCUT2D eigenvalue weighted by molar-refractivity contribution is 9.10. The number of halogens is 1. The van der Waals surface area contributed by atoms with E-state index in [0.29, 0.717) is 5.75 Å². The lowest BCUT2D eigenvalue weighted by atomic mass is 10.2. The van der Waals surface area contributed by atoms with E-state index < -0.39 is 0 Å². The summed E-state index contributed by atoms with van der Waals surface area (Å²) < 4.78 is 6.27. The van der Waals surface area contributed by atoms with Crippen LogP contribution in [0.15, 0.2) is 46.9 Å². The van der Waals surface area contributed by atoms with Gasteiger partial charge in [0.15, 0.2) is 0 Å². The van der Waals surface area contributed by atoms with Gasteiger partial charge in [0.25, 0.3) is 0 Å². The zero-order valence-electron chi connectivity index (χ0n) is 10.7. The van der Waals surface area contributed by atoms with Crippen molar-refractivity contribution in [1.29, 1.82) is 0 Å². The van der Waals surface area contributed by atoms with Crippen LogP contribution in [0.2, 0.25) is 0 Å². The summed E-state index contributed by atoms with van der Waals surface area (Å²) in [7, 11) is 1.66. The summed E-state index contributed by atoms with van der Waals surface area (Å²) in [4.78, 5) is 0. The topological polar surface area (TPSA) is 41.5 Å². The molecule has 4 heteroatoms. The Morgan fingerprint density at radius 2 is 1.84 bits per heavy atom. The number of rotatable bonds is 5.